The average Bonchev–Trinajstić information content (AvgIpc) is 3.33. The van der Waals surface area contributed by atoms with E-state index in [1.165, 1.54) is 0 Å². The van der Waals surface area contributed by atoms with Crippen molar-refractivity contribution >= 4 is 20.6 Å². The molecule has 0 aliphatic rings. The molecule has 0 bridgehead atoms. The molecule has 2 heterocycles. The number of benzene rings is 3. The first-order chi connectivity index (χ1) is 16.0. The second-order valence-electron chi connectivity index (χ2n) is 7.96. The van der Waals surface area contributed by atoms with Crippen LogP contribution in [0.3, 0.4) is 0 Å². The monoisotopic (exact) mass is 453 g/mol. The van der Waals surface area contributed by atoms with Crippen molar-refractivity contribution in [3.63, 3.8) is 0 Å². The second kappa shape index (κ2) is 8.30. The maximum absolute atomic E-state index is 12.3. The molecule has 0 N–H and O–H groups in total. The summed E-state index contributed by atoms with van der Waals surface area (Å²) in [7, 11) is -3.25. The lowest BCUT2D eigenvalue weighted by Gasteiger charge is -2.14. The maximum atomic E-state index is 12.3. The van der Waals surface area contributed by atoms with Crippen molar-refractivity contribution in [2.75, 3.05) is 5.75 Å². The third-order valence-corrected chi connectivity index (χ3v) is 7.66. The molecule has 3 aromatic carbocycles. The van der Waals surface area contributed by atoms with Crippen LogP contribution in [-0.4, -0.2) is 28.7 Å². The fourth-order valence-electron chi connectivity index (χ4n) is 4.16. The SMILES string of the molecule is CCS(=O)(=O)c1cccc(-c2ccc(-n3ccnc3-c3cccc4cnccc34)c(C)c2)c1. The fraction of sp³-hybridized carbons (Fsp3) is 0.111. The van der Waals surface area contributed by atoms with Crippen LogP contribution in [0.1, 0.15) is 12.5 Å². The van der Waals surface area contributed by atoms with E-state index in [1.807, 2.05) is 48.9 Å². The molecule has 5 aromatic rings. The van der Waals surface area contributed by atoms with Crippen LogP contribution in [0.5, 0.6) is 0 Å². The fourth-order valence-corrected chi connectivity index (χ4v) is 5.08. The highest BCUT2D eigenvalue weighted by Crippen LogP contribution is 2.31. The maximum Gasteiger partial charge on any atom is 0.178 e. The van der Waals surface area contributed by atoms with Crippen molar-refractivity contribution in [2.24, 2.45) is 0 Å². The summed E-state index contributed by atoms with van der Waals surface area (Å²) in [6.07, 6.45) is 7.43. The normalized spacial score (nSPS) is 11.7. The summed E-state index contributed by atoms with van der Waals surface area (Å²) >= 11 is 0. The molecular formula is C27H23N3O2S. The van der Waals surface area contributed by atoms with Crippen molar-refractivity contribution in [3.05, 3.63) is 97.1 Å². The van der Waals surface area contributed by atoms with Crippen LogP contribution >= 0.6 is 0 Å². The van der Waals surface area contributed by atoms with Gasteiger partial charge >= 0.3 is 0 Å². The third kappa shape index (κ3) is 3.83. The van der Waals surface area contributed by atoms with E-state index in [1.54, 1.807) is 31.3 Å². The van der Waals surface area contributed by atoms with Gasteiger partial charge in [-0.3, -0.25) is 9.55 Å². The van der Waals surface area contributed by atoms with Crippen molar-refractivity contribution in [1.82, 2.24) is 14.5 Å². The molecule has 0 atom stereocenters. The number of hydrogen-bond donors (Lipinski definition) is 0. The average molecular weight is 454 g/mol. The summed E-state index contributed by atoms with van der Waals surface area (Å²) in [6.45, 7) is 3.72. The standard InChI is InChI=1S/C27H23N3O2S/c1-3-33(31,32)23-8-4-6-20(17-23)21-10-11-26(19(2)16-21)30-15-14-29-27(30)25-9-5-7-22-18-28-13-12-24(22)25/h4-18H,3H2,1-2H3. The van der Waals surface area contributed by atoms with Crippen LogP contribution in [0.4, 0.5) is 0 Å². The van der Waals surface area contributed by atoms with E-state index in [-0.39, 0.29) is 5.75 Å². The summed E-state index contributed by atoms with van der Waals surface area (Å²) in [4.78, 5) is 9.24. The Bertz CT molecular complexity index is 1580. The minimum absolute atomic E-state index is 0.0854. The minimum Gasteiger partial charge on any atom is -0.300 e. The van der Waals surface area contributed by atoms with Gasteiger partial charge in [0.05, 0.1) is 16.3 Å². The largest absolute Gasteiger partial charge is 0.300 e. The molecule has 0 unspecified atom stereocenters. The van der Waals surface area contributed by atoms with Gasteiger partial charge in [-0.05, 0) is 59.3 Å². The number of rotatable bonds is 5. The van der Waals surface area contributed by atoms with Crippen molar-refractivity contribution in [3.8, 4) is 28.2 Å². The second-order valence-corrected chi connectivity index (χ2v) is 10.2. The number of sulfone groups is 1. The molecule has 164 valence electrons. The first kappa shape index (κ1) is 21.1. The summed E-state index contributed by atoms with van der Waals surface area (Å²) in [5.41, 5.74) is 4.99. The predicted molar refractivity (Wildman–Crippen MR) is 132 cm³/mol. The number of imidazole rings is 1. The highest BCUT2D eigenvalue weighted by molar-refractivity contribution is 7.91. The van der Waals surface area contributed by atoms with Gasteiger partial charge in [0.1, 0.15) is 5.82 Å². The van der Waals surface area contributed by atoms with Crippen LogP contribution in [-0.2, 0) is 9.84 Å². The van der Waals surface area contributed by atoms with E-state index >= 15 is 0 Å². The van der Waals surface area contributed by atoms with Gasteiger partial charge in [0, 0.05) is 35.7 Å². The van der Waals surface area contributed by atoms with Crippen LogP contribution in [0.25, 0.3) is 39.0 Å². The molecule has 0 amide bonds. The highest BCUT2D eigenvalue weighted by atomic mass is 32.2. The Morgan fingerprint density at radius 2 is 1.73 bits per heavy atom. The first-order valence-corrected chi connectivity index (χ1v) is 12.4. The van der Waals surface area contributed by atoms with Gasteiger partial charge in [-0.1, -0.05) is 43.3 Å². The van der Waals surface area contributed by atoms with E-state index in [0.29, 0.717) is 4.90 Å². The molecule has 2 aromatic heterocycles. The number of aryl methyl sites for hydroxylation is 1. The molecule has 0 radical (unpaired) electrons. The van der Waals surface area contributed by atoms with Crippen molar-refractivity contribution < 1.29 is 8.42 Å². The Morgan fingerprint density at radius 1 is 0.909 bits per heavy atom. The van der Waals surface area contributed by atoms with E-state index in [9.17, 15) is 8.42 Å². The van der Waals surface area contributed by atoms with Crippen molar-refractivity contribution in [1.29, 1.82) is 0 Å². The lowest BCUT2D eigenvalue weighted by atomic mass is 10.0. The zero-order valence-electron chi connectivity index (χ0n) is 18.4. The van der Waals surface area contributed by atoms with Crippen LogP contribution in [0.15, 0.2) is 96.4 Å². The lowest BCUT2D eigenvalue weighted by Crippen LogP contribution is -2.03. The Balaban J connectivity index is 1.58. The molecule has 0 saturated heterocycles. The molecule has 5 nitrogen and oxygen atoms in total. The first-order valence-electron chi connectivity index (χ1n) is 10.8. The number of fused-ring (bicyclic) bond motifs is 1. The van der Waals surface area contributed by atoms with Gasteiger partial charge in [-0.25, -0.2) is 13.4 Å². The lowest BCUT2D eigenvalue weighted by molar-refractivity contribution is 0.597. The van der Waals surface area contributed by atoms with Gasteiger partial charge in [0.2, 0.25) is 0 Å². The minimum atomic E-state index is -3.25. The molecule has 0 saturated carbocycles. The molecule has 6 heteroatoms. The van der Waals surface area contributed by atoms with Crippen LogP contribution in [0, 0.1) is 6.92 Å². The van der Waals surface area contributed by atoms with E-state index in [0.717, 1.165) is 44.5 Å². The summed E-state index contributed by atoms with van der Waals surface area (Å²) < 4.78 is 26.7. The van der Waals surface area contributed by atoms with E-state index < -0.39 is 9.84 Å². The zero-order chi connectivity index (χ0) is 23.0. The van der Waals surface area contributed by atoms with E-state index in [2.05, 4.69) is 39.7 Å². The molecular weight excluding hydrogens is 430 g/mol. The molecule has 0 aliphatic carbocycles. The third-order valence-electron chi connectivity index (χ3n) is 5.93. The molecule has 33 heavy (non-hydrogen) atoms. The summed E-state index contributed by atoms with van der Waals surface area (Å²) in [6, 6.07) is 21.5. The van der Waals surface area contributed by atoms with Gasteiger partial charge in [-0.15, -0.1) is 0 Å². The quantitative estimate of drug-likeness (QED) is 0.334. The Labute approximate surface area is 193 Å². The van der Waals surface area contributed by atoms with Gasteiger partial charge in [0.15, 0.2) is 9.84 Å². The molecule has 0 aliphatic heterocycles. The predicted octanol–water partition coefficient (Wildman–Crippen LogP) is 5.86. The number of nitrogens with zero attached hydrogens (tertiary/aromatic N) is 3. The molecule has 0 fully saturated rings. The Morgan fingerprint density at radius 3 is 2.55 bits per heavy atom. The number of aromatic nitrogens is 3. The smallest absolute Gasteiger partial charge is 0.178 e. The summed E-state index contributed by atoms with van der Waals surface area (Å²) in [5, 5.41) is 2.17. The van der Waals surface area contributed by atoms with Gasteiger partial charge in [0.25, 0.3) is 0 Å². The Kier molecular flexibility index (Phi) is 5.30. The van der Waals surface area contributed by atoms with Crippen LogP contribution < -0.4 is 0 Å². The van der Waals surface area contributed by atoms with Crippen molar-refractivity contribution in [2.45, 2.75) is 18.7 Å². The molecule has 0 spiro atoms. The topological polar surface area (TPSA) is 64.8 Å². The van der Waals surface area contributed by atoms with Crippen LogP contribution in [0.2, 0.25) is 0 Å². The van der Waals surface area contributed by atoms with Gasteiger partial charge in [-0.2, -0.15) is 0 Å². The number of hydrogen-bond acceptors (Lipinski definition) is 4. The summed E-state index contributed by atoms with van der Waals surface area (Å²) in [5.74, 6) is 0.945. The number of pyridine rings is 1. The molecule has 5 rings (SSSR count). The highest BCUT2D eigenvalue weighted by Gasteiger charge is 2.15. The Hall–Kier alpha value is -3.77. The zero-order valence-corrected chi connectivity index (χ0v) is 19.3. The van der Waals surface area contributed by atoms with Gasteiger partial charge < -0.3 is 0 Å². The van der Waals surface area contributed by atoms with E-state index in [4.69, 9.17) is 0 Å².